The average Bonchev–Trinajstić information content (AvgIpc) is 2.28. The number of hydrogen-bond acceptors (Lipinski definition) is 4. The van der Waals surface area contributed by atoms with Crippen LogP contribution in [0.2, 0.25) is 0 Å². The van der Waals surface area contributed by atoms with Gasteiger partial charge in [0.2, 0.25) is 10.0 Å². The normalized spacial score (nSPS) is 25.9. The van der Waals surface area contributed by atoms with Crippen molar-refractivity contribution in [3.63, 3.8) is 0 Å². The maximum atomic E-state index is 11.5. The molecular weight excluding hydrogens is 252 g/mol. The van der Waals surface area contributed by atoms with Gasteiger partial charge in [-0.1, -0.05) is 6.92 Å². The Bertz CT molecular complexity index is 354. The van der Waals surface area contributed by atoms with E-state index in [1.807, 2.05) is 13.8 Å². The van der Waals surface area contributed by atoms with Crippen molar-refractivity contribution < 1.29 is 13.2 Å². The van der Waals surface area contributed by atoms with Gasteiger partial charge in [-0.05, 0) is 32.1 Å². The predicted octanol–water partition coefficient (Wildman–Crippen LogP) is 0.802. The first-order valence-corrected chi connectivity index (χ1v) is 8.41. The number of hydrogen-bond donors (Lipinski definition) is 1. The van der Waals surface area contributed by atoms with Crippen molar-refractivity contribution in [1.29, 1.82) is 0 Å². The van der Waals surface area contributed by atoms with Gasteiger partial charge in [-0.3, -0.25) is 0 Å². The summed E-state index contributed by atoms with van der Waals surface area (Å²) >= 11 is 0. The highest BCUT2D eigenvalue weighted by molar-refractivity contribution is 7.88. The van der Waals surface area contributed by atoms with Crippen LogP contribution in [0.3, 0.4) is 0 Å². The van der Waals surface area contributed by atoms with Crippen LogP contribution in [0.5, 0.6) is 0 Å². The Kier molecular flexibility index (Phi) is 5.58. The van der Waals surface area contributed by atoms with Crippen molar-refractivity contribution in [2.24, 2.45) is 11.7 Å². The molecule has 5 nitrogen and oxygen atoms in total. The molecule has 1 fully saturated rings. The molecule has 1 heterocycles. The van der Waals surface area contributed by atoms with Gasteiger partial charge in [-0.25, -0.2) is 12.7 Å². The Hall–Kier alpha value is -0.170. The van der Waals surface area contributed by atoms with Gasteiger partial charge in [0.05, 0.1) is 19.5 Å². The zero-order chi connectivity index (χ0) is 13.8. The summed E-state index contributed by atoms with van der Waals surface area (Å²) < 4.78 is 30.1. The van der Waals surface area contributed by atoms with Gasteiger partial charge in [0.1, 0.15) is 0 Å². The number of ether oxygens (including phenoxy) is 1. The standard InChI is InChI=1S/C12H26N2O3S/c1-4-12(2,13)10-17-9-11-6-5-7-14(8-11)18(3,15)16/h11H,4-10,13H2,1-3H3. The summed E-state index contributed by atoms with van der Waals surface area (Å²) in [6.45, 7) is 6.34. The van der Waals surface area contributed by atoms with E-state index in [9.17, 15) is 8.42 Å². The molecule has 0 radical (unpaired) electrons. The molecule has 0 aromatic heterocycles. The zero-order valence-corrected chi connectivity index (χ0v) is 12.5. The summed E-state index contributed by atoms with van der Waals surface area (Å²) in [5.74, 6) is 0.293. The second-order valence-corrected chi connectivity index (χ2v) is 7.63. The van der Waals surface area contributed by atoms with Gasteiger partial charge in [0, 0.05) is 18.6 Å². The van der Waals surface area contributed by atoms with Gasteiger partial charge >= 0.3 is 0 Å². The first-order valence-electron chi connectivity index (χ1n) is 6.56. The molecule has 1 saturated heterocycles. The van der Waals surface area contributed by atoms with Crippen LogP contribution < -0.4 is 5.73 Å². The average molecular weight is 278 g/mol. The van der Waals surface area contributed by atoms with Crippen molar-refractivity contribution in [3.8, 4) is 0 Å². The molecule has 0 bridgehead atoms. The van der Waals surface area contributed by atoms with E-state index in [4.69, 9.17) is 10.5 Å². The number of sulfonamides is 1. The first kappa shape index (κ1) is 15.9. The fraction of sp³-hybridized carbons (Fsp3) is 1.00. The molecule has 0 saturated carbocycles. The van der Waals surface area contributed by atoms with Crippen LogP contribution >= 0.6 is 0 Å². The van der Waals surface area contributed by atoms with Crippen molar-refractivity contribution in [2.45, 2.75) is 38.6 Å². The topological polar surface area (TPSA) is 72.6 Å². The van der Waals surface area contributed by atoms with E-state index in [1.165, 1.54) is 6.26 Å². The smallest absolute Gasteiger partial charge is 0.211 e. The summed E-state index contributed by atoms with van der Waals surface area (Å²) in [5, 5.41) is 0. The molecule has 0 amide bonds. The number of piperidine rings is 1. The van der Waals surface area contributed by atoms with Gasteiger partial charge in [0.25, 0.3) is 0 Å². The molecule has 2 atom stereocenters. The second-order valence-electron chi connectivity index (χ2n) is 5.65. The molecule has 1 aliphatic heterocycles. The molecule has 108 valence electrons. The quantitative estimate of drug-likeness (QED) is 0.780. The largest absolute Gasteiger partial charge is 0.379 e. The molecular formula is C12H26N2O3S. The van der Waals surface area contributed by atoms with Gasteiger partial charge in [-0.15, -0.1) is 0 Å². The number of rotatable bonds is 6. The van der Waals surface area contributed by atoms with Crippen LogP contribution in [0.25, 0.3) is 0 Å². The third kappa shape index (κ3) is 5.22. The minimum atomic E-state index is -3.06. The monoisotopic (exact) mass is 278 g/mol. The van der Waals surface area contributed by atoms with E-state index in [0.717, 1.165) is 19.3 Å². The van der Waals surface area contributed by atoms with Gasteiger partial charge in [0.15, 0.2) is 0 Å². The lowest BCUT2D eigenvalue weighted by atomic mass is 10.00. The van der Waals surface area contributed by atoms with Crippen molar-refractivity contribution in [3.05, 3.63) is 0 Å². The third-order valence-corrected chi connectivity index (χ3v) is 4.81. The molecule has 0 aliphatic carbocycles. The molecule has 6 heteroatoms. The highest BCUT2D eigenvalue weighted by Gasteiger charge is 2.26. The van der Waals surface area contributed by atoms with Gasteiger partial charge in [-0.2, -0.15) is 0 Å². The van der Waals surface area contributed by atoms with E-state index < -0.39 is 10.0 Å². The Morgan fingerprint density at radius 2 is 2.17 bits per heavy atom. The first-order chi connectivity index (χ1) is 8.24. The van der Waals surface area contributed by atoms with Crippen LogP contribution in [0.1, 0.15) is 33.1 Å². The summed E-state index contributed by atoms with van der Waals surface area (Å²) in [6, 6.07) is 0. The van der Waals surface area contributed by atoms with E-state index in [2.05, 4.69) is 0 Å². The minimum absolute atomic E-state index is 0.287. The van der Waals surface area contributed by atoms with Crippen molar-refractivity contribution >= 4 is 10.0 Å². The molecule has 0 spiro atoms. The van der Waals surface area contributed by atoms with Crippen LogP contribution in [-0.4, -0.2) is 50.8 Å². The van der Waals surface area contributed by atoms with Crippen molar-refractivity contribution in [2.75, 3.05) is 32.6 Å². The predicted molar refractivity (Wildman–Crippen MR) is 72.8 cm³/mol. The Morgan fingerprint density at radius 3 is 2.72 bits per heavy atom. The van der Waals surface area contributed by atoms with Crippen LogP contribution in [-0.2, 0) is 14.8 Å². The fourth-order valence-corrected chi connectivity index (χ4v) is 2.97. The SMILES string of the molecule is CCC(C)(N)COCC1CCCN(S(C)(=O)=O)C1. The molecule has 18 heavy (non-hydrogen) atoms. The molecule has 1 rings (SSSR count). The summed E-state index contributed by atoms with van der Waals surface area (Å²) in [4.78, 5) is 0. The molecule has 0 aromatic rings. The van der Waals surface area contributed by atoms with Gasteiger partial charge < -0.3 is 10.5 Å². The van der Waals surface area contributed by atoms with Crippen molar-refractivity contribution in [1.82, 2.24) is 4.31 Å². The summed E-state index contributed by atoms with van der Waals surface area (Å²) in [5.41, 5.74) is 5.71. The molecule has 1 aliphatic rings. The number of nitrogens with zero attached hydrogens (tertiary/aromatic N) is 1. The van der Waals surface area contributed by atoms with Crippen LogP contribution in [0, 0.1) is 5.92 Å². The molecule has 2 unspecified atom stereocenters. The maximum Gasteiger partial charge on any atom is 0.211 e. The minimum Gasteiger partial charge on any atom is -0.379 e. The lowest BCUT2D eigenvalue weighted by Crippen LogP contribution is -2.43. The second kappa shape index (κ2) is 6.32. The fourth-order valence-electron chi connectivity index (χ4n) is 2.02. The van der Waals surface area contributed by atoms with E-state index >= 15 is 0 Å². The molecule has 2 N–H and O–H groups in total. The summed E-state index contributed by atoms with van der Waals surface area (Å²) in [7, 11) is -3.06. The lowest BCUT2D eigenvalue weighted by molar-refractivity contribution is 0.0487. The van der Waals surface area contributed by atoms with Crippen LogP contribution in [0.4, 0.5) is 0 Å². The van der Waals surface area contributed by atoms with Crippen LogP contribution in [0.15, 0.2) is 0 Å². The van der Waals surface area contributed by atoms with E-state index in [0.29, 0.717) is 32.2 Å². The number of nitrogens with two attached hydrogens (primary N) is 1. The highest BCUT2D eigenvalue weighted by atomic mass is 32.2. The third-order valence-electron chi connectivity index (χ3n) is 3.54. The summed E-state index contributed by atoms with van der Waals surface area (Å²) in [6.07, 6.45) is 4.08. The van der Waals surface area contributed by atoms with E-state index in [1.54, 1.807) is 4.31 Å². The Balaban J connectivity index is 2.35. The lowest BCUT2D eigenvalue weighted by Gasteiger charge is -2.31. The molecule has 0 aromatic carbocycles. The Morgan fingerprint density at radius 1 is 1.50 bits per heavy atom. The zero-order valence-electron chi connectivity index (χ0n) is 11.7. The highest BCUT2D eigenvalue weighted by Crippen LogP contribution is 2.19. The maximum absolute atomic E-state index is 11.5. The Labute approximate surface area is 111 Å². The van der Waals surface area contributed by atoms with E-state index in [-0.39, 0.29) is 5.54 Å².